The summed E-state index contributed by atoms with van der Waals surface area (Å²) in [6.07, 6.45) is 1.88. The Bertz CT molecular complexity index is 722. The molecular weight excluding hydrogens is 295 g/mol. The molecule has 2 aromatic heterocycles. The van der Waals surface area contributed by atoms with E-state index in [1.54, 1.807) is 0 Å². The number of benzene rings is 1. The zero-order valence-corrected chi connectivity index (χ0v) is 12.1. The van der Waals surface area contributed by atoms with E-state index in [1.807, 2.05) is 53.1 Å². The zero-order valence-electron chi connectivity index (χ0n) is 10.6. The highest BCUT2D eigenvalue weighted by Gasteiger charge is 2.04. The molecule has 3 rings (SSSR count). The fourth-order valence-electron chi connectivity index (χ4n) is 1.93. The molecule has 0 amide bonds. The minimum atomic E-state index is 0.401. The SMILES string of the molecule is ClCc1ccc(OCc2cn3c(Cl)cccc3n2)cc1. The molecule has 0 fully saturated rings. The zero-order chi connectivity index (χ0) is 13.9. The number of aromatic nitrogens is 2. The smallest absolute Gasteiger partial charge is 0.138 e. The normalized spacial score (nSPS) is 10.9. The number of halogens is 2. The van der Waals surface area contributed by atoms with Gasteiger partial charge >= 0.3 is 0 Å². The van der Waals surface area contributed by atoms with Crippen molar-refractivity contribution in [2.24, 2.45) is 0 Å². The van der Waals surface area contributed by atoms with Crippen molar-refractivity contribution < 1.29 is 4.74 Å². The van der Waals surface area contributed by atoms with Gasteiger partial charge in [0.15, 0.2) is 0 Å². The second-order valence-corrected chi connectivity index (χ2v) is 5.03. The van der Waals surface area contributed by atoms with Gasteiger partial charge in [-0.1, -0.05) is 29.8 Å². The van der Waals surface area contributed by atoms with Crippen LogP contribution in [0.5, 0.6) is 5.75 Å². The Morgan fingerprint density at radius 2 is 1.90 bits per heavy atom. The third-order valence-electron chi connectivity index (χ3n) is 2.96. The predicted octanol–water partition coefficient (Wildman–Crippen LogP) is 4.31. The van der Waals surface area contributed by atoms with Gasteiger partial charge in [0.1, 0.15) is 23.2 Å². The van der Waals surface area contributed by atoms with Crippen LogP contribution in [0.1, 0.15) is 11.3 Å². The number of pyridine rings is 1. The van der Waals surface area contributed by atoms with Crippen molar-refractivity contribution in [1.82, 2.24) is 9.38 Å². The number of nitrogens with zero attached hydrogens (tertiary/aromatic N) is 2. The van der Waals surface area contributed by atoms with Gasteiger partial charge in [-0.05, 0) is 29.8 Å². The van der Waals surface area contributed by atoms with Crippen LogP contribution in [-0.2, 0) is 12.5 Å². The van der Waals surface area contributed by atoms with Gasteiger partial charge in [-0.3, -0.25) is 4.40 Å². The summed E-state index contributed by atoms with van der Waals surface area (Å²) in [5, 5.41) is 0.632. The molecule has 0 radical (unpaired) electrons. The van der Waals surface area contributed by atoms with Crippen LogP contribution in [0, 0.1) is 0 Å². The maximum Gasteiger partial charge on any atom is 0.138 e. The summed E-state index contributed by atoms with van der Waals surface area (Å²) < 4.78 is 7.53. The van der Waals surface area contributed by atoms with Crippen LogP contribution in [0.4, 0.5) is 0 Å². The van der Waals surface area contributed by atoms with E-state index in [0.717, 1.165) is 22.7 Å². The fourth-order valence-corrected chi connectivity index (χ4v) is 2.32. The molecule has 0 unspecified atom stereocenters. The highest BCUT2D eigenvalue weighted by atomic mass is 35.5. The number of hydrogen-bond donors (Lipinski definition) is 0. The monoisotopic (exact) mass is 306 g/mol. The third-order valence-corrected chi connectivity index (χ3v) is 3.57. The molecule has 0 aliphatic heterocycles. The number of ether oxygens (including phenoxy) is 1. The van der Waals surface area contributed by atoms with E-state index in [9.17, 15) is 0 Å². The Hall–Kier alpha value is -1.71. The van der Waals surface area contributed by atoms with Crippen molar-refractivity contribution in [3.8, 4) is 5.75 Å². The van der Waals surface area contributed by atoms with Crippen LogP contribution in [0.15, 0.2) is 48.7 Å². The van der Waals surface area contributed by atoms with E-state index in [1.165, 1.54) is 0 Å². The molecule has 1 aromatic carbocycles. The number of rotatable bonds is 4. The molecule has 2 heterocycles. The van der Waals surface area contributed by atoms with Crippen LogP contribution < -0.4 is 4.74 Å². The molecule has 0 N–H and O–H groups in total. The first-order valence-electron chi connectivity index (χ1n) is 6.16. The second kappa shape index (κ2) is 5.73. The summed E-state index contributed by atoms with van der Waals surface area (Å²) in [7, 11) is 0. The van der Waals surface area contributed by atoms with Crippen molar-refractivity contribution in [2.45, 2.75) is 12.5 Å². The first-order chi connectivity index (χ1) is 9.76. The molecule has 0 bridgehead atoms. The molecule has 0 atom stereocenters. The van der Waals surface area contributed by atoms with Crippen LogP contribution in [0.2, 0.25) is 5.15 Å². The minimum Gasteiger partial charge on any atom is -0.487 e. The van der Waals surface area contributed by atoms with E-state index in [2.05, 4.69) is 4.98 Å². The van der Waals surface area contributed by atoms with E-state index in [-0.39, 0.29) is 0 Å². The molecule has 3 aromatic rings. The van der Waals surface area contributed by atoms with Crippen LogP contribution in [0.3, 0.4) is 0 Å². The highest BCUT2D eigenvalue weighted by molar-refractivity contribution is 6.29. The van der Waals surface area contributed by atoms with Gasteiger partial charge in [0, 0.05) is 12.1 Å². The summed E-state index contributed by atoms with van der Waals surface area (Å²) in [6, 6.07) is 13.3. The lowest BCUT2D eigenvalue weighted by Crippen LogP contribution is -1.95. The Labute approximate surface area is 126 Å². The average Bonchev–Trinajstić information content (AvgIpc) is 2.90. The summed E-state index contributed by atoms with van der Waals surface area (Å²) in [5.74, 6) is 1.30. The van der Waals surface area contributed by atoms with Crippen molar-refractivity contribution in [3.63, 3.8) is 0 Å². The van der Waals surface area contributed by atoms with Crippen molar-refractivity contribution >= 4 is 28.8 Å². The standard InChI is InChI=1S/C15H12Cl2N2O/c16-8-11-4-6-13(7-5-11)20-10-12-9-19-14(17)2-1-3-15(19)18-12/h1-7,9H,8,10H2. The van der Waals surface area contributed by atoms with E-state index in [4.69, 9.17) is 27.9 Å². The molecule has 0 spiro atoms. The van der Waals surface area contributed by atoms with Gasteiger partial charge in [0.2, 0.25) is 0 Å². The number of imidazole rings is 1. The molecule has 20 heavy (non-hydrogen) atoms. The molecule has 0 aliphatic rings. The quantitative estimate of drug-likeness (QED) is 0.530. The van der Waals surface area contributed by atoms with Gasteiger partial charge in [-0.15, -0.1) is 11.6 Å². The van der Waals surface area contributed by atoms with Crippen LogP contribution in [-0.4, -0.2) is 9.38 Å². The van der Waals surface area contributed by atoms with E-state index < -0.39 is 0 Å². The van der Waals surface area contributed by atoms with Gasteiger partial charge in [-0.25, -0.2) is 4.98 Å². The molecule has 0 saturated carbocycles. The number of hydrogen-bond acceptors (Lipinski definition) is 2. The van der Waals surface area contributed by atoms with E-state index >= 15 is 0 Å². The molecule has 0 aliphatic carbocycles. The lowest BCUT2D eigenvalue weighted by atomic mass is 10.2. The fraction of sp³-hybridized carbons (Fsp3) is 0.133. The second-order valence-electron chi connectivity index (χ2n) is 4.38. The van der Waals surface area contributed by atoms with Gasteiger partial charge in [0.25, 0.3) is 0 Å². The Kier molecular flexibility index (Phi) is 3.81. The summed E-state index contributed by atoms with van der Waals surface area (Å²) >= 11 is 11.8. The lowest BCUT2D eigenvalue weighted by molar-refractivity contribution is 0.302. The van der Waals surface area contributed by atoms with E-state index in [0.29, 0.717) is 17.6 Å². The Balaban J connectivity index is 1.74. The Morgan fingerprint density at radius 3 is 2.60 bits per heavy atom. The summed E-state index contributed by atoms with van der Waals surface area (Å²) in [5.41, 5.74) is 2.71. The summed E-state index contributed by atoms with van der Waals surface area (Å²) in [6.45, 7) is 0.401. The maximum atomic E-state index is 6.09. The minimum absolute atomic E-state index is 0.401. The number of fused-ring (bicyclic) bond motifs is 1. The molecule has 5 heteroatoms. The maximum absolute atomic E-state index is 6.09. The first-order valence-corrected chi connectivity index (χ1v) is 7.08. The van der Waals surface area contributed by atoms with Crippen molar-refractivity contribution in [2.75, 3.05) is 0 Å². The lowest BCUT2D eigenvalue weighted by Gasteiger charge is -2.04. The third kappa shape index (κ3) is 2.74. The predicted molar refractivity (Wildman–Crippen MR) is 80.5 cm³/mol. The topological polar surface area (TPSA) is 26.5 Å². The molecule has 102 valence electrons. The van der Waals surface area contributed by atoms with Crippen molar-refractivity contribution in [3.05, 3.63) is 65.1 Å². The highest BCUT2D eigenvalue weighted by Crippen LogP contribution is 2.17. The largest absolute Gasteiger partial charge is 0.487 e. The van der Waals surface area contributed by atoms with Crippen LogP contribution >= 0.6 is 23.2 Å². The van der Waals surface area contributed by atoms with Gasteiger partial charge in [0.05, 0.1) is 5.69 Å². The average molecular weight is 307 g/mol. The van der Waals surface area contributed by atoms with Gasteiger partial charge in [-0.2, -0.15) is 0 Å². The summed E-state index contributed by atoms with van der Waals surface area (Å²) in [4.78, 5) is 4.45. The Morgan fingerprint density at radius 1 is 1.10 bits per heavy atom. The molecular formula is C15H12Cl2N2O. The molecule has 3 nitrogen and oxygen atoms in total. The first kappa shape index (κ1) is 13.3. The molecule has 0 saturated heterocycles. The van der Waals surface area contributed by atoms with Crippen LogP contribution in [0.25, 0.3) is 5.65 Å². The number of alkyl halides is 1. The van der Waals surface area contributed by atoms with Crippen molar-refractivity contribution in [1.29, 1.82) is 0 Å². The van der Waals surface area contributed by atoms with Gasteiger partial charge < -0.3 is 4.74 Å².